The van der Waals surface area contributed by atoms with Crippen molar-refractivity contribution < 1.29 is 13.2 Å². The lowest BCUT2D eigenvalue weighted by Gasteiger charge is -2.32. The van der Waals surface area contributed by atoms with Crippen molar-refractivity contribution in [1.29, 1.82) is 0 Å². The predicted molar refractivity (Wildman–Crippen MR) is 166 cm³/mol. The quantitative estimate of drug-likeness (QED) is 0.233. The summed E-state index contributed by atoms with van der Waals surface area (Å²) in [6.45, 7) is 6.83. The molecule has 1 aliphatic rings. The Bertz CT molecular complexity index is 1580. The van der Waals surface area contributed by atoms with Gasteiger partial charge in [-0.05, 0) is 117 Å². The number of aryl methyl sites for hydroxylation is 2. The smallest absolute Gasteiger partial charge is 0.261 e. The normalized spacial score (nSPS) is 14.5. The molecule has 0 aliphatic carbocycles. The fraction of sp³-hybridized carbons (Fsp3) is 0.265. The number of hydrogen-bond donors (Lipinski definition) is 2. The predicted octanol–water partition coefficient (Wildman–Crippen LogP) is 6.81. The van der Waals surface area contributed by atoms with Gasteiger partial charge in [-0.3, -0.25) is 14.4 Å². The average Bonchev–Trinajstić information content (AvgIpc) is 2.97. The Balaban J connectivity index is 1.12. The van der Waals surface area contributed by atoms with Gasteiger partial charge in [0.25, 0.3) is 15.9 Å². The van der Waals surface area contributed by atoms with E-state index < -0.39 is 10.0 Å². The summed E-state index contributed by atoms with van der Waals surface area (Å²) in [5.41, 5.74) is 6.07. The van der Waals surface area contributed by atoms with Crippen molar-refractivity contribution in [2.45, 2.75) is 44.6 Å². The van der Waals surface area contributed by atoms with Crippen LogP contribution in [0.3, 0.4) is 0 Å². The summed E-state index contributed by atoms with van der Waals surface area (Å²) in [6, 6.07) is 30.3. The number of anilines is 2. The van der Waals surface area contributed by atoms with Crippen LogP contribution >= 0.6 is 0 Å². The number of rotatable bonds is 9. The van der Waals surface area contributed by atoms with E-state index in [0.29, 0.717) is 16.9 Å². The third kappa shape index (κ3) is 7.63. The fourth-order valence-corrected chi connectivity index (χ4v) is 6.41. The van der Waals surface area contributed by atoms with E-state index in [2.05, 4.69) is 45.3 Å². The Morgan fingerprint density at radius 3 is 2.20 bits per heavy atom. The number of sulfonamides is 1. The molecule has 5 rings (SSSR count). The van der Waals surface area contributed by atoms with Crippen molar-refractivity contribution in [1.82, 2.24) is 4.90 Å². The lowest BCUT2D eigenvalue weighted by Crippen LogP contribution is -2.33. The van der Waals surface area contributed by atoms with Crippen molar-refractivity contribution in [2.75, 3.05) is 23.1 Å². The molecule has 0 atom stereocenters. The minimum Gasteiger partial charge on any atom is -0.322 e. The van der Waals surface area contributed by atoms with Crippen LogP contribution in [0.15, 0.2) is 102 Å². The van der Waals surface area contributed by atoms with E-state index in [-0.39, 0.29) is 10.8 Å². The second kappa shape index (κ2) is 12.7. The summed E-state index contributed by atoms with van der Waals surface area (Å²) in [6.07, 6.45) is 3.56. The minimum absolute atomic E-state index is 0.129. The first-order valence-electron chi connectivity index (χ1n) is 14.1. The molecule has 0 aromatic heterocycles. The summed E-state index contributed by atoms with van der Waals surface area (Å²) >= 11 is 0. The summed E-state index contributed by atoms with van der Waals surface area (Å²) in [5, 5.41) is 2.86. The minimum atomic E-state index is -3.75. The summed E-state index contributed by atoms with van der Waals surface area (Å²) in [5.74, 6) is 0.505. The van der Waals surface area contributed by atoms with Gasteiger partial charge in [-0.25, -0.2) is 8.42 Å². The number of benzene rings is 4. The molecule has 1 amide bonds. The zero-order chi connectivity index (χ0) is 28.8. The summed E-state index contributed by atoms with van der Waals surface area (Å²) in [4.78, 5) is 15.5. The number of carbonyl (C=O) groups excluding carboxylic acids is 1. The molecule has 0 bridgehead atoms. The van der Waals surface area contributed by atoms with E-state index in [9.17, 15) is 13.2 Å². The first-order chi connectivity index (χ1) is 19.7. The van der Waals surface area contributed by atoms with Crippen molar-refractivity contribution in [2.24, 2.45) is 5.92 Å². The van der Waals surface area contributed by atoms with Gasteiger partial charge in [-0.15, -0.1) is 0 Å². The van der Waals surface area contributed by atoms with Crippen LogP contribution in [-0.4, -0.2) is 32.3 Å². The molecule has 1 saturated heterocycles. The maximum atomic E-state index is 12.9. The van der Waals surface area contributed by atoms with E-state index in [4.69, 9.17) is 0 Å². The molecule has 1 heterocycles. The highest BCUT2D eigenvalue weighted by atomic mass is 32.2. The number of amides is 1. The average molecular weight is 568 g/mol. The van der Waals surface area contributed by atoms with E-state index >= 15 is 0 Å². The van der Waals surface area contributed by atoms with Crippen molar-refractivity contribution in [3.05, 3.63) is 125 Å². The van der Waals surface area contributed by atoms with Crippen LogP contribution in [0.4, 0.5) is 11.4 Å². The van der Waals surface area contributed by atoms with Crippen LogP contribution in [0, 0.1) is 19.8 Å². The largest absolute Gasteiger partial charge is 0.322 e. The molecule has 6 nitrogen and oxygen atoms in total. The van der Waals surface area contributed by atoms with E-state index in [1.807, 2.05) is 56.3 Å². The van der Waals surface area contributed by atoms with Crippen LogP contribution in [0.1, 0.15) is 45.5 Å². The standard InChI is InChI=1S/C34H37N3O3S/c1-25-8-9-26(2)33(22-25)36-41(39,40)32-16-14-31(15-17-32)35-34(38)30-12-10-29(11-13-30)24-37-20-18-28(19-21-37)23-27-6-4-3-5-7-27/h3-17,22,28,36H,18-21,23-24H2,1-2H3,(H,35,38). The zero-order valence-corrected chi connectivity index (χ0v) is 24.5. The molecule has 41 heavy (non-hydrogen) atoms. The van der Waals surface area contributed by atoms with Gasteiger partial charge in [0.2, 0.25) is 0 Å². The maximum absolute atomic E-state index is 12.9. The van der Waals surface area contributed by atoms with Gasteiger partial charge in [-0.1, -0.05) is 54.6 Å². The molecule has 0 radical (unpaired) electrons. The van der Waals surface area contributed by atoms with Gasteiger partial charge in [0.15, 0.2) is 0 Å². The molecule has 4 aromatic rings. The first-order valence-corrected chi connectivity index (χ1v) is 15.6. The van der Waals surface area contributed by atoms with Gasteiger partial charge >= 0.3 is 0 Å². The molecular weight excluding hydrogens is 530 g/mol. The Morgan fingerprint density at radius 2 is 1.51 bits per heavy atom. The van der Waals surface area contributed by atoms with Crippen LogP contribution < -0.4 is 10.0 Å². The van der Waals surface area contributed by atoms with Crippen LogP contribution in [0.2, 0.25) is 0 Å². The van der Waals surface area contributed by atoms with Crippen LogP contribution in [0.5, 0.6) is 0 Å². The Morgan fingerprint density at radius 1 is 0.829 bits per heavy atom. The Hall–Kier alpha value is -3.94. The summed E-state index contributed by atoms with van der Waals surface area (Å²) < 4.78 is 28.4. The maximum Gasteiger partial charge on any atom is 0.261 e. The monoisotopic (exact) mass is 567 g/mol. The SMILES string of the molecule is Cc1ccc(C)c(NS(=O)(=O)c2ccc(NC(=O)c3ccc(CN4CCC(Cc5ccccc5)CC4)cc3)cc2)c1. The molecule has 212 valence electrons. The lowest BCUT2D eigenvalue weighted by atomic mass is 9.90. The van der Waals surface area contributed by atoms with Crippen molar-refractivity contribution >= 4 is 27.3 Å². The molecule has 7 heteroatoms. The lowest BCUT2D eigenvalue weighted by molar-refractivity contribution is 0.102. The third-order valence-corrected chi connectivity index (χ3v) is 9.14. The number of nitrogens with zero attached hydrogens (tertiary/aromatic N) is 1. The van der Waals surface area contributed by atoms with Gasteiger partial charge in [0.1, 0.15) is 0 Å². The molecule has 2 N–H and O–H groups in total. The second-order valence-corrected chi connectivity index (χ2v) is 12.7. The van der Waals surface area contributed by atoms with Crippen molar-refractivity contribution in [3.63, 3.8) is 0 Å². The van der Waals surface area contributed by atoms with Gasteiger partial charge in [0.05, 0.1) is 10.6 Å². The zero-order valence-electron chi connectivity index (χ0n) is 23.6. The number of carbonyl (C=O) groups is 1. The number of nitrogens with one attached hydrogen (secondary N) is 2. The highest BCUT2D eigenvalue weighted by Crippen LogP contribution is 2.24. The van der Waals surface area contributed by atoms with Gasteiger partial charge < -0.3 is 5.32 Å². The number of piperidine rings is 1. The van der Waals surface area contributed by atoms with E-state index in [0.717, 1.165) is 43.1 Å². The molecule has 0 spiro atoms. The topological polar surface area (TPSA) is 78.5 Å². The van der Waals surface area contributed by atoms with E-state index in [1.54, 1.807) is 12.1 Å². The Kier molecular flexibility index (Phi) is 8.86. The van der Waals surface area contributed by atoms with Gasteiger partial charge in [-0.2, -0.15) is 0 Å². The highest BCUT2D eigenvalue weighted by Gasteiger charge is 2.20. The third-order valence-electron chi connectivity index (χ3n) is 7.76. The highest BCUT2D eigenvalue weighted by molar-refractivity contribution is 7.92. The second-order valence-electron chi connectivity index (χ2n) is 11.0. The number of hydrogen-bond acceptors (Lipinski definition) is 4. The molecule has 0 unspecified atom stereocenters. The Labute approximate surface area is 243 Å². The molecule has 1 fully saturated rings. The van der Waals surface area contributed by atoms with Gasteiger partial charge in [0, 0.05) is 17.8 Å². The molecule has 0 saturated carbocycles. The summed E-state index contributed by atoms with van der Waals surface area (Å²) in [7, 11) is -3.75. The molecular formula is C34H37N3O3S. The molecule has 4 aromatic carbocycles. The van der Waals surface area contributed by atoms with Crippen LogP contribution in [-0.2, 0) is 23.0 Å². The fourth-order valence-electron chi connectivity index (χ4n) is 5.29. The van der Waals surface area contributed by atoms with Crippen molar-refractivity contribution in [3.8, 4) is 0 Å². The number of likely N-dealkylation sites (tertiary alicyclic amines) is 1. The van der Waals surface area contributed by atoms with E-state index in [1.165, 1.54) is 36.1 Å². The van der Waals surface area contributed by atoms with Crippen LogP contribution in [0.25, 0.3) is 0 Å². The molecule has 1 aliphatic heterocycles. The first kappa shape index (κ1) is 28.6.